The minimum absolute atomic E-state index is 0.248. The second-order valence-electron chi connectivity index (χ2n) is 5.92. The molecule has 1 unspecified atom stereocenters. The van der Waals surface area contributed by atoms with Crippen molar-refractivity contribution in [3.05, 3.63) is 30.3 Å². The van der Waals surface area contributed by atoms with Gasteiger partial charge in [0.1, 0.15) is 0 Å². The molecule has 116 valence electrons. The standard InChI is InChI=1S/C15H22N2O3S/c18-15(13-6-7-13)12-16-8-10-17(11-9-16)21(19,20)14-4-2-1-3-5-14/h1-5,13,15,18H,6-12H2. The molecule has 1 heterocycles. The SMILES string of the molecule is O=S(=O)(c1ccccc1)N1CCN(CC(O)C2CC2)CC1. The van der Waals surface area contributed by atoms with E-state index in [9.17, 15) is 13.5 Å². The van der Waals surface area contributed by atoms with Crippen LogP contribution in [-0.4, -0.2) is 61.6 Å². The topological polar surface area (TPSA) is 60.9 Å². The number of benzene rings is 1. The van der Waals surface area contributed by atoms with Crippen molar-refractivity contribution >= 4 is 10.0 Å². The molecule has 1 saturated carbocycles. The Morgan fingerprint density at radius 1 is 1.10 bits per heavy atom. The fourth-order valence-electron chi connectivity index (χ4n) is 2.79. The van der Waals surface area contributed by atoms with Gasteiger partial charge in [-0.3, -0.25) is 4.90 Å². The average Bonchev–Trinajstić information content (AvgIpc) is 3.33. The Hall–Kier alpha value is -0.950. The van der Waals surface area contributed by atoms with E-state index in [4.69, 9.17) is 0 Å². The lowest BCUT2D eigenvalue weighted by molar-refractivity contribution is 0.0782. The highest BCUT2D eigenvalue weighted by Crippen LogP contribution is 2.33. The molecule has 3 rings (SSSR count). The summed E-state index contributed by atoms with van der Waals surface area (Å²) in [6, 6.07) is 8.58. The monoisotopic (exact) mass is 310 g/mol. The first-order chi connectivity index (χ1) is 10.1. The molecule has 0 radical (unpaired) electrons. The second kappa shape index (κ2) is 6.04. The van der Waals surface area contributed by atoms with Gasteiger partial charge in [-0.25, -0.2) is 8.42 Å². The highest BCUT2D eigenvalue weighted by molar-refractivity contribution is 7.89. The van der Waals surface area contributed by atoms with Gasteiger partial charge in [-0.2, -0.15) is 4.31 Å². The van der Waals surface area contributed by atoms with Crippen LogP contribution in [0.2, 0.25) is 0 Å². The van der Waals surface area contributed by atoms with Gasteiger partial charge in [-0.05, 0) is 30.9 Å². The van der Waals surface area contributed by atoms with Crippen molar-refractivity contribution in [3.63, 3.8) is 0 Å². The molecule has 1 aromatic carbocycles. The van der Waals surface area contributed by atoms with Gasteiger partial charge in [0.25, 0.3) is 0 Å². The molecule has 6 heteroatoms. The first kappa shape index (κ1) is 15.0. The lowest BCUT2D eigenvalue weighted by atomic mass is 10.2. The van der Waals surface area contributed by atoms with Crippen molar-refractivity contribution < 1.29 is 13.5 Å². The van der Waals surface area contributed by atoms with Gasteiger partial charge >= 0.3 is 0 Å². The lowest BCUT2D eigenvalue weighted by Crippen LogP contribution is -2.50. The Morgan fingerprint density at radius 3 is 2.29 bits per heavy atom. The molecule has 1 N–H and O–H groups in total. The molecule has 5 nitrogen and oxygen atoms in total. The molecule has 0 amide bonds. The van der Waals surface area contributed by atoms with E-state index in [1.807, 2.05) is 6.07 Å². The Kier molecular flexibility index (Phi) is 4.31. The Morgan fingerprint density at radius 2 is 1.71 bits per heavy atom. The Labute approximate surface area is 126 Å². The summed E-state index contributed by atoms with van der Waals surface area (Å²) in [6.45, 7) is 3.04. The zero-order valence-electron chi connectivity index (χ0n) is 12.1. The number of nitrogens with zero attached hydrogens (tertiary/aromatic N) is 2. The quantitative estimate of drug-likeness (QED) is 0.872. The number of β-amino-alcohol motifs (C(OH)–C–C–N with tert-alkyl or cyclic N) is 1. The molecule has 0 aromatic heterocycles. The number of hydrogen-bond acceptors (Lipinski definition) is 4. The summed E-state index contributed by atoms with van der Waals surface area (Å²) < 4.78 is 26.5. The van der Waals surface area contributed by atoms with Gasteiger partial charge < -0.3 is 5.11 Å². The predicted octanol–water partition coefficient (Wildman–Crippen LogP) is 0.764. The maximum atomic E-state index is 12.5. The van der Waals surface area contributed by atoms with Gasteiger partial charge in [0, 0.05) is 32.7 Å². The van der Waals surface area contributed by atoms with E-state index < -0.39 is 10.0 Å². The van der Waals surface area contributed by atoms with Gasteiger partial charge in [-0.1, -0.05) is 18.2 Å². The van der Waals surface area contributed by atoms with Gasteiger partial charge in [0.2, 0.25) is 10.0 Å². The van der Waals surface area contributed by atoms with Crippen LogP contribution in [0.25, 0.3) is 0 Å². The third-order valence-electron chi connectivity index (χ3n) is 4.32. The number of piperazine rings is 1. The summed E-state index contributed by atoms with van der Waals surface area (Å²) >= 11 is 0. The Balaban J connectivity index is 1.57. The third kappa shape index (κ3) is 3.45. The second-order valence-corrected chi connectivity index (χ2v) is 7.86. The van der Waals surface area contributed by atoms with E-state index in [0.29, 0.717) is 43.5 Å². The van der Waals surface area contributed by atoms with Crippen LogP contribution in [0.5, 0.6) is 0 Å². The number of sulfonamides is 1. The number of aliphatic hydroxyl groups excluding tert-OH is 1. The van der Waals surface area contributed by atoms with E-state index in [-0.39, 0.29) is 6.10 Å². The van der Waals surface area contributed by atoms with E-state index >= 15 is 0 Å². The normalized spacial score (nSPS) is 23.1. The molecule has 0 spiro atoms. The van der Waals surface area contributed by atoms with Gasteiger partial charge in [0.05, 0.1) is 11.0 Å². The maximum absolute atomic E-state index is 12.5. The summed E-state index contributed by atoms with van der Waals surface area (Å²) in [7, 11) is -3.37. The van der Waals surface area contributed by atoms with Crippen molar-refractivity contribution in [1.82, 2.24) is 9.21 Å². The fourth-order valence-corrected chi connectivity index (χ4v) is 4.23. The summed E-state index contributed by atoms with van der Waals surface area (Å²) in [5.41, 5.74) is 0. The predicted molar refractivity (Wildman–Crippen MR) is 80.4 cm³/mol. The van der Waals surface area contributed by atoms with E-state index in [0.717, 1.165) is 12.8 Å². The highest BCUT2D eigenvalue weighted by Gasteiger charge is 2.33. The van der Waals surface area contributed by atoms with Gasteiger partial charge in [0.15, 0.2) is 0 Å². The molecule has 1 aliphatic carbocycles. The van der Waals surface area contributed by atoms with Crippen LogP contribution in [0.15, 0.2) is 35.2 Å². The van der Waals surface area contributed by atoms with E-state index in [2.05, 4.69) is 4.90 Å². The molecule has 1 atom stereocenters. The summed E-state index contributed by atoms with van der Waals surface area (Å²) in [5.74, 6) is 0.469. The van der Waals surface area contributed by atoms with Crippen LogP contribution in [0.1, 0.15) is 12.8 Å². The summed E-state index contributed by atoms with van der Waals surface area (Å²) in [5, 5.41) is 9.97. The zero-order chi connectivity index (χ0) is 14.9. The maximum Gasteiger partial charge on any atom is 0.243 e. The molecule has 1 aliphatic heterocycles. The summed E-state index contributed by atoms with van der Waals surface area (Å²) in [6.07, 6.45) is 2.01. The van der Waals surface area contributed by atoms with Crippen LogP contribution in [0.4, 0.5) is 0 Å². The zero-order valence-corrected chi connectivity index (χ0v) is 12.9. The molecule has 2 fully saturated rings. The minimum atomic E-state index is -3.37. The van der Waals surface area contributed by atoms with Crippen LogP contribution >= 0.6 is 0 Å². The fraction of sp³-hybridized carbons (Fsp3) is 0.600. The van der Waals surface area contributed by atoms with Gasteiger partial charge in [-0.15, -0.1) is 0 Å². The molecule has 21 heavy (non-hydrogen) atoms. The van der Waals surface area contributed by atoms with Crippen LogP contribution in [0, 0.1) is 5.92 Å². The molecule has 1 saturated heterocycles. The first-order valence-corrected chi connectivity index (χ1v) is 8.97. The highest BCUT2D eigenvalue weighted by atomic mass is 32.2. The van der Waals surface area contributed by atoms with Crippen LogP contribution in [-0.2, 0) is 10.0 Å². The number of hydrogen-bond donors (Lipinski definition) is 1. The Bertz CT molecular complexity index is 564. The van der Waals surface area contributed by atoms with Crippen molar-refractivity contribution in [1.29, 1.82) is 0 Å². The summed E-state index contributed by atoms with van der Waals surface area (Å²) in [4.78, 5) is 2.52. The molecule has 0 bridgehead atoms. The van der Waals surface area contributed by atoms with Crippen LogP contribution in [0.3, 0.4) is 0 Å². The smallest absolute Gasteiger partial charge is 0.243 e. The lowest BCUT2D eigenvalue weighted by Gasteiger charge is -2.34. The van der Waals surface area contributed by atoms with Crippen molar-refractivity contribution in [2.45, 2.75) is 23.8 Å². The number of rotatable bonds is 5. The van der Waals surface area contributed by atoms with E-state index in [1.54, 1.807) is 28.6 Å². The molecule has 1 aromatic rings. The third-order valence-corrected chi connectivity index (χ3v) is 6.24. The minimum Gasteiger partial charge on any atom is -0.392 e. The molecular formula is C15H22N2O3S. The first-order valence-electron chi connectivity index (χ1n) is 7.53. The van der Waals surface area contributed by atoms with E-state index in [1.165, 1.54) is 0 Å². The number of aliphatic hydroxyl groups is 1. The van der Waals surface area contributed by atoms with Crippen molar-refractivity contribution in [2.75, 3.05) is 32.7 Å². The van der Waals surface area contributed by atoms with Crippen LogP contribution < -0.4 is 0 Å². The largest absolute Gasteiger partial charge is 0.392 e. The van der Waals surface area contributed by atoms with Crippen molar-refractivity contribution in [3.8, 4) is 0 Å². The van der Waals surface area contributed by atoms with Crippen molar-refractivity contribution in [2.24, 2.45) is 5.92 Å². The average molecular weight is 310 g/mol. The molecule has 2 aliphatic rings. The molecular weight excluding hydrogens is 288 g/mol.